The standard InChI is InChI=1S/C14H20N2O3/c1-10(2)8-12(13(17)18)16-14(19)15-9-11-6-4-3-5-7-11/h3-7,10,12H,8-9H2,1-2H3,(H,17,18)(H2,15,16,19)/t12-/m0/s1. The number of carboxylic acids is 1. The van der Waals surface area contributed by atoms with E-state index in [-0.39, 0.29) is 5.92 Å². The first-order valence-corrected chi connectivity index (χ1v) is 6.30. The van der Waals surface area contributed by atoms with E-state index >= 15 is 0 Å². The van der Waals surface area contributed by atoms with Crippen LogP contribution >= 0.6 is 0 Å². The number of nitrogens with one attached hydrogen (secondary N) is 2. The van der Waals surface area contributed by atoms with Crippen molar-refractivity contribution in [2.75, 3.05) is 0 Å². The molecule has 1 aromatic rings. The van der Waals surface area contributed by atoms with E-state index in [0.29, 0.717) is 13.0 Å². The van der Waals surface area contributed by atoms with Crippen molar-refractivity contribution in [2.45, 2.75) is 32.9 Å². The molecule has 0 bridgehead atoms. The number of carbonyl (C=O) groups excluding carboxylic acids is 1. The van der Waals surface area contributed by atoms with Crippen molar-refractivity contribution in [1.82, 2.24) is 10.6 Å². The van der Waals surface area contributed by atoms with Gasteiger partial charge in [0.15, 0.2) is 0 Å². The van der Waals surface area contributed by atoms with Gasteiger partial charge in [-0.15, -0.1) is 0 Å². The Morgan fingerprint density at radius 3 is 2.37 bits per heavy atom. The third kappa shape index (κ3) is 5.90. The highest BCUT2D eigenvalue weighted by Gasteiger charge is 2.20. The highest BCUT2D eigenvalue weighted by atomic mass is 16.4. The summed E-state index contributed by atoms with van der Waals surface area (Å²) in [5, 5.41) is 14.1. The minimum atomic E-state index is -1.01. The minimum absolute atomic E-state index is 0.204. The molecule has 0 spiro atoms. The second-order valence-corrected chi connectivity index (χ2v) is 4.83. The Kier molecular flexibility index (Phi) is 5.85. The van der Waals surface area contributed by atoms with Crippen molar-refractivity contribution in [3.8, 4) is 0 Å². The Labute approximate surface area is 113 Å². The Morgan fingerprint density at radius 2 is 1.84 bits per heavy atom. The van der Waals surface area contributed by atoms with Crippen molar-refractivity contribution >= 4 is 12.0 Å². The summed E-state index contributed by atoms with van der Waals surface area (Å²) < 4.78 is 0. The number of hydrogen-bond acceptors (Lipinski definition) is 2. The number of rotatable bonds is 6. The molecule has 5 heteroatoms. The lowest BCUT2D eigenvalue weighted by Gasteiger charge is -2.16. The molecule has 1 rings (SSSR count). The Balaban J connectivity index is 2.42. The zero-order valence-corrected chi connectivity index (χ0v) is 11.2. The smallest absolute Gasteiger partial charge is 0.326 e. The lowest BCUT2D eigenvalue weighted by atomic mass is 10.0. The summed E-state index contributed by atoms with van der Waals surface area (Å²) in [5.74, 6) is -0.806. The number of carboxylic acid groups (broad SMARTS) is 1. The quantitative estimate of drug-likeness (QED) is 0.735. The van der Waals surface area contributed by atoms with E-state index in [4.69, 9.17) is 5.11 Å². The number of aliphatic carboxylic acids is 1. The van der Waals surface area contributed by atoms with Crippen LogP contribution in [0.2, 0.25) is 0 Å². The van der Waals surface area contributed by atoms with Gasteiger partial charge in [-0.2, -0.15) is 0 Å². The van der Waals surface area contributed by atoms with Crippen LogP contribution in [-0.2, 0) is 11.3 Å². The minimum Gasteiger partial charge on any atom is -0.480 e. The maximum absolute atomic E-state index is 11.6. The van der Waals surface area contributed by atoms with E-state index in [9.17, 15) is 9.59 Å². The van der Waals surface area contributed by atoms with Gasteiger partial charge in [0.2, 0.25) is 0 Å². The lowest BCUT2D eigenvalue weighted by Crippen LogP contribution is -2.46. The van der Waals surface area contributed by atoms with Gasteiger partial charge in [0.1, 0.15) is 6.04 Å². The predicted octanol–water partition coefficient (Wildman–Crippen LogP) is 1.99. The first kappa shape index (κ1) is 15.0. The molecule has 0 aliphatic heterocycles. The van der Waals surface area contributed by atoms with Crippen LogP contribution < -0.4 is 10.6 Å². The monoisotopic (exact) mass is 264 g/mol. The summed E-state index contributed by atoms with van der Waals surface area (Å²) in [6.07, 6.45) is 0.411. The fraction of sp³-hybridized carbons (Fsp3) is 0.429. The Bertz CT molecular complexity index is 418. The lowest BCUT2D eigenvalue weighted by molar-refractivity contribution is -0.139. The summed E-state index contributed by atoms with van der Waals surface area (Å²) in [5.41, 5.74) is 0.966. The molecule has 0 saturated carbocycles. The number of hydrogen-bond donors (Lipinski definition) is 3. The number of benzene rings is 1. The fourth-order valence-corrected chi connectivity index (χ4v) is 1.68. The number of urea groups is 1. The third-order valence-corrected chi connectivity index (χ3v) is 2.61. The van der Waals surface area contributed by atoms with E-state index in [0.717, 1.165) is 5.56 Å². The third-order valence-electron chi connectivity index (χ3n) is 2.61. The van der Waals surface area contributed by atoms with Crippen molar-refractivity contribution in [2.24, 2.45) is 5.92 Å². The van der Waals surface area contributed by atoms with E-state index in [1.165, 1.54) is 0 Å². The fourth-order valence-electron chi connectivity index (χ4n) is 1.68. The van der Waals surface area contributed by atoms with Crippen molar-refractivity contribution < 1.29 is 14.7 Å². The summed E-state index contributed by atoms with van der Waals surface area (Å²) in [6, 6.07) is 8.13. The average Bonchev–Trinajstić information content (AvgIpc) is 2.36. The SMILES string of the molecule is CC(C)C[C@H](NC(=O)NCc1ccccc1)C(=O)O. The van der Waals surface area contributed by atoms with Crippen LogP contribution in [0.1, 0.15) is 25.8 Å². The largest absolute Gasteiger partial charge is 0.480 e. The van der Waals surface area contributed by atoms with Crippen LogP contribution in [0.25, 0.3) is 0 Å². The molecule has 0 unspecified atom stereocenters. The van der Waals surface area contributed by atoms with E-state index < -0.39 is 18.0 Å². The van der Waals surface area contributed by atoms with Crippen LogP contribution in [0.4, 0.5) is 4.79 Å². The molecule has 0 radical (unpaired) electrons. The second-order valence-electron chi connectivity index (χ2n) is 4.83. The summed E-state index contributed by atoms with van der Waals surface area (Å²) in [6.45, 7) is 4.21. The highest BCUT2D eigenvalue weighted by molar-refractivity contribution is 5.82. The van der Waals surface area contributed by atoms with Crippen molar-refractivity contribution in [3.05, 3.63) is 35.9 Å². The normalized spacial score (nSPS) is 11.9. The molecular formula is C14H20N2O3. The van der Waals surface area contributed by atoms with Gasteiger partial charge >= 0.3 is 12.0 Å². The van der Waals surface area contributed by atoms with Gasteiger partial charge in [0, 0.05) is 6.54 Å². The average molecular weight is 264 g/mol. The first-order valence-electron chi connectivity index (χ1n) is 6.30. The molecule has 0 aromatic heterocycles. The van der Waals surface area contributed by atoms with Gasteiger partial charge in [0.25, 0.3) is 0 Å². The van der Waals surface area contributed by atoms with E-state index in [1.807, 2.05) is 44.2 Å². The zero-order valence-electron chi connectivity index (χ0n) is 11.2. The topological polar surface area (TPSA) is 78.4 Å². The zero-order chi connectivity index (χ0) is 14.3. The molecule has 3 N–H and O–H groups in total. The van der Waals surface area contributed by atoms with Crippen molar-refractivity contribution in [3.63, 3.8) is 0 Å². The predicted molar refractivity (Wildman–Crippen MR) is 72.7 cm³/mol. The Hall–Kier alpha value is -2.04. The number of amides is 2. The molecule has 5 nitrogen and oxygen atoms in total. The van der Waals surface area contributed by atoms with Gasteiger partial charge in [-0.3, -0.25) is 0 Å². The van der Waals surface area contributed by atoms with Crippen LogP contribution in [0.15, 0.2) is 30.3 Å². The number of carbonyl (C=O) groups is 2. The maximum atomic E-state index is 11.6. The molecule has 1 atom stereocenters. The van der Waals surface area contributed by atoms with Gasteiger partial charge in [-0.25, -0.2) is 9.59 Å². The molecule has 19 heavy (non-hydrogen) atoms. The molecular weight excluding hydrogens is 244 g/mol. The molecule has 0 aliphatic carbocycles. The summed E-state index contributed by atoms with van der Waals surface area (Å²) in [4.78, 5) is 22.6. The highest BCUT2D eigenvalue weighted by Crippen LogP contribution is 2.05. The molecule has 0 aliphatic rings. The van der Waals surface area contributed by atoms with Crippen LogP contribution in [0, 0.1) is 5.92 Å². The second kappa shape index (κ2) is 7.41. The maximum Gasteiger partial charge on any atom is 0.326 e. The van der Waals surface area contributed by atoms with Crippen LogP contribution in [0.3, 0.4) is 0 Å². The van der Waals surface area contributed by atoms with E-state index in [1.54, 1.807) is 0 Å². The molecule has 1 aromatic carbocycles. The molecule has 104 valence electrons. The van der Waals surface area contributed by atoms with Gasteiger partial charge < -0.3 is 15.7 Å². The molecule has 0 saturated heterocycles. The Morgan fingerprint density at radius 1 is 1.21 bits per heavy atom. The molecule has 0 fully saturated rings. The van der Waals surface area contributed by atoms with Crippen molar-refractivity contribution in [1.29, 1.82) is 0 Å². The summed E-state index contributed by atoms with van der Waals surface area (Å²) in [7, 11) is 0. The van der Waals surface area contributed by atoms with Gasteiger partial charge in [-0.1, -0.05) is 44.2 Å². The van der Waals surface area contributed by atoms with Gasteiger partial charge in [0.05, 0.1) is 0 Å². The summed E-state index contributed by atoms with van der Waals surface area (Å²) >= 11 is 0. The van der Waals surface area contributed by atoms with Crippen LogP contribution in [0.5, 0.6) is 0 Å². The molecule has 0 heterocycles. The van der Waals surface area contributed by atoms with E-state index in [2.05, 4.69) is 10.6 Å². The van der Waals surface area contributed by atoms with Crippen LogP contribution in [-0.4, -0.2) is 23.1 Å². The molecule has 2 amide bonds. The van der Waals surface area contributed by atoms with Gasteiger partial charge in [-0.05, 0) is 17.9 Å². The first-order chi connectivity index (χ1) is 8.99.